The van der Waals surface area contributed by atoms with Crippen molar-refractivity contribution in [2.75, 3.05) is 0 Å². The van der Waals surface area contributed by atoms with E-state index in [-0.39, 0.29) is 5.56 Å². The van der Waals surface area contributed by atoms with E-state index in [9.17, 15) is 13.6 Å². The van der Waals surface area contributed by atoms with Gasteiger partial charge in [0.15, 0.2) is 5.82 Å². The molecular weight excluding hydrogens is 258 g/mol. The van der Waals surface area contributed by atoms with Crippen molar-refractivity contribution in [3.63, 3.8) is 0 Å². The molecule has 0 aliphatic heterocycles. The Morgan fingerprint density at radius 2 is 2.22 bits per heavy atom. The fourth-order valence-electron chi connectivity index (χ4n) is 1.43. The minimum Gasteiger partial charge on any atom is -0.347 e. The van der Waals surface area contributed by atoms with Gasteiger partial charge in [-0.3, -0.25) is 4.79 Å². The summed E-state index contributed by atoms with van der Waals surface area (Å²) in [6, 6.07) is 3.08. The molecule has 0 saturated heterocycles. The molecule has 0 saturated carbocycles. The van der Waals surface area contributed by atoms with E-state index in [2.05, 4.69) is 10.3 Å². The largest absolute Gasteiger partial charge is 0.347 e. The first-order valence-electron chi connectivity index (χ1n) is 5.20. The number of amides is 1. The van der Waals surface area contributed by atoms with Crippen LogP contribution in [0.5, 0.6) is 0 Å². The van der Waals surface area contributed by atoms with E-state index < -0.39 is 17.7 Å². The molecule has 0 aliphatic carbocycles. The molecule has 0 aromatic carbocycles. The zero-order valence-electron chi connectivity index (χ0n) is 9.54. The van der Waals surface area contributed by atoms with Crippen LogP contribution in [0.1, 0.15) is 20.8 Å². The Morgan fingerprint density at radius 3 is 2.89 bits per heavy atom. The predicted octanol–water partition coefficient (Wildman–Crippen LogP) is 2.66. The third-order valence-electron chi connectivity index (χ3n) is 2.47. The van der Waals surface area contributed by atoms with Gasteiger partial charge in [-0.25, -0.2) is 9.37 Å². The van der Waals surface area contributed by atoms with Gasteiger partial charge in [-0.15, -0.1) is 11.3 Å². The van der Waals surface area contributed by atoms with Crippen molar-refractivity contribution in [1.29, 1.82) is 0 Å². The van der Waals surface area contributed by atoms with Crippen molar-refractivity contribution in [3.8, 4) is 0 Å². The summed E-state index contributed by atoms with van der Waals surface area (Å²) in [4.78, 5) is 15.8. The predicted molar refractivity (Wildman–Crippen MR) is 64.4 cm³/mol. The fourth-order valence-corrected chi connectivity index (χ4v) is 2.28. The highest BCUT2D eigenvalue weighted by atomic mass is 32.1. The van der Waals surface area contributed by atoms with E-state index >= 15 is 0 Å². The summed E-state index contributed by atoms with van der Waals surface area (Å²) < 4.78 is 26.2. The Kier molecular flexibility index (Phi) is 3.66. The lowest BCUT2D eigenvalue weighted by Crippen LogP contribution is -2.24. The van der Waals surface area contributed by atoms with E-state index in [0.29, 0.717) is 6.54 Å². The van der Waals surface area contributed by atoms with Gasteiger partial charge in [-0.1, -0.05) is 0 Å². The second kappa shape index (κ2) is 5.22. The van der Waals surface area contributed by atoms with Gasteiger partial charge in [0.2, 0.25) is 5.95 Å². The Morgan fingerprint density at radius 1 is 1.44 bits per heavy atom. The maximum absolute atomic E-state index is 13.3. The van der Waals surface area contributed by atoms with Crippen molar-refractivity contribution in [1.82, 2.24) is 10.3 Å². The molecule has 0 fully saturated rings. The zero-order chi connectivity index (χ0) is 13.1. The lowest BCUT2D eigenvalue weighted by molar-refractivity contribution is 0.0946. The summed E-state index contributed by atoms with van der Waals surface area (Å²) in [5, 5.41) is 4.45. The highest BCUT2D eigenvalue weighted by molar-refractivity contribution is 7.10. The number of thiophene rings is 1. The molecule has 2 aromatic heterocycles. The van der Waals surface area contributed by atoms with Crippen molar-refractivity contribution >= 4 is 17.2 Å². The van der Waals surface area contributed by atoms with Crippen molar-refractivity contribution in [2.45, 2.75) is 13.5 Å². The molecule has 2 rings (SSSR count). The number of halogens is 2. The highest BCUT2D eigenvalue weighted by Crippen LogP contribution is 2.15. The average molecular weight is 268 g/mol. The summed E-state index contributed by atoms with van der Waals surface area (Å²) >= 11 is 1.50. The lowest BCUT2D eigenvalue weighted by atomic mass is 10.2. The van der Waals surface area contributed by atoms with Gasteiger partial charge >= 0.3 is 0 Å². The van der Waals surface area contributed by atoms with Crippen LogP contribution in [0.15, 0.2) is 23.7 Å². The summed E-state index contributed by atoms with van der Waals surface area (Å²) in [5.74, 6) is -3.14. The summed E-state index contributed by atoms with van der Waals surface area (Å²) in [5.41, 5.74) is 0.721. The molecule has 0 atom stereocenters. The van der Waals surface area contributed by atoms with Gasteiger partial charge in [0, 0.05) is 11.1 Å². The summed E-state index contributed by atoms with van der Waals surface area (Å²) in [6.45, 7) is 2.22. The quantitative estimate of drug-likeness (QED) is 0.870. The number of aromatic nitrogens is 1. The van der Waals surface area contributed by atoms with Crippen LogP contribution in [0.3, 0.4) is 0 Å². The molecule has 3 nitrogen and oxygen atoms in total. The molecule has 2 aromatic rings. The van der Waals surface area contributed by atoms with Crippen LogP contribution in [-0.2, 0) is 6.54 Å². The number of hydrogen-bond acceptors (Lipinski definition) is 3. The molecule has 94 valence electrons. The minimum atomic E-state index is -1.27. The van der Waals surface area contributed by atoms with Crippen LogP contribution in [0, 0.1) is 18.7 Å². The standard InChI is InChI=1S/C12H10F2N2OS/c1-7-3-5-18-9(7)6-16-12(17)8-2-4-15-11(14)10(8)13/h2-5H,6H2,1H3,(H,16,17). The molecule has 6 heteroatoms. The molecule has 0 spiro atoms. The topological polar surface area (TPSA) is 42.0 Å². The smallest absolute Gasteiger partial charge is 0.254 e. The third-order valence-corrected chi connectivity index (χ3v) is 3.49. The van der Waals surface area contributed by atoms with Crippen LogP contribution < -0.4 is 5.32 Å². The molecule has 18 heavy (non-hydrogen) atoms. The number of rotatable bonds is 3. The summed E-state index contributed by atoms with van der Waals surface area (Å²) in [6.07, 6.45) is 1.06. The van der Waals surface area contributed by atoms with Crippen LogP contribution in [0.25, 0.3) is 0 Å². The first-order chi connectivity index (χ1) is 8.59. The molecule has 2 heterocycles. The molecule has 0 radical (unpaired) electrons. The lowest BCUT2D eigenvalue weighted by Gasteiger charge is -2.05. The van der Waals surface area contributed by atoms with Crippen LogP contribution >= 0.6 is 11.3 Å². The molecule has 0 unspecified atom stereocenters. The van der Waals surface area contributed by atoms with Crippen molar-refractivity contribution < 1.29 is 13.6 Å². The van der Waals surface area contributed by atoms with Crippen molar-refractivity contribution in [3.05, 3.63) is 51.5 Å². The number of aryl methyl sites for hydroxylation is 1. The van der Waals surface area contributed by atoms with E-state index in [0.717, 1.165) is 22.7 Å². The number of nitrogens with one attached hydrogen (secondary N) is 1. The van der Waals surface area contributed by atoms with Crippen LogP contribution in [0.4, 0.5) is 8.78 Å². The van der Waals surface area contributed by atoms with E-state index in [4.69, 9.17) is 0 Å². The van der Waals surface area contributed by atoms with Gasteiger partial charge in [-0.2, -0.15) is 4.39 Å². The van der Waals surface area contributed by atoms with Gasteiger partial charge < -0.3 is 5.32 Å². The fraction of sp³-hybridized carbons (Fsp3) is 0.167. The van der Waals surface area contributed by atoms with Gasteiger partial charge in [0.05, 0.1) is 12.1 Å². The highest BCUT2D eigenvalue weighted by Gasteiger charge is 2.15. The number of hydrogen-bond donors (Lipinski definition) is 1. The second-order valence-electron chi connectivity index (χ2n) is 3.67. The first kappa shape index (κ1) is 12.6. The minimum absolute atomic E-state index is 0.297. The SMILES string of the molecule is Cc1ccsc1CNC(=O)c1ccnc(F)c1F. The van der Waals surface area contributed by atoms with Crippen LogP contribution in [-0.4, -0.2) is 10.9 Å². The molecule has 0 bridgehead atoms. The maximum atomic E-state index is 13.3. The number of pyridine rings is 1. The number of carbonyl (C=O) groups is 1. The van der Waals surface area contributed by atoms with E-state index in [1.54, 1.807) is 0 Å². The van der Waals surface area contributed by atoms with Crippen molar-refractivity contribution in [2.24, 2.45) is 0 Å². The monoisotopic (exact) mass is 268 g/mol. The first-order valence-corrected chi connectivity index (χ1v) is 6.08. The molecule has 1 amide bonds. The zero-order valence-corrected chi connectivity index (χ0v) is 10.4. The maximum Gasteiger partial charge on any atom is 0.254 e. The van der Waals surface area contributed by atoms with Crippen LogP contribution in [0.2, 0.25) is 0 Å². The molecule has 0 aliphatic rings. The Balaban J connectivity index is 2.09. The van der Waals surface area contributed by atoms with Gasteiger partial charge in [0.1, 0.15) is 0 Å². The average Bonchev–Trinajstić information content (AvgIpc) is 2.75. The van der Waals surface area contributed by atoms with Gasteiger partial charge in [-0.05, 0) is 30.0 Å². The molecular formula is C12H10F2N2OS. The second-order valence-corrected chi connectivity index (χ2v) is 4.67. The third kappa shape index (κ3) is 2.53. The van der Waals surface area contributed by atoms with Gasteiger partial charge in [0.25, 0.3) is 5.91 Å². The number of carbonyl (C=O) groups excluding carboxylic acids is 1. The van der Waals surface area contributed by atoms with E-state index in [1.807, 2.05) is 18.4 Å². The Hall–Kier alpha value is -1.82. The van der Waals surface area contributed by atoms with E-state index in [1.165, 1.54) is 11.3 Å². The Labute approximate surface area is 106 Å². The summed E-state index contributed by atoms with van der Waals surface area (Å²) in [7, 11) is 0. The Bertz CT molecular complexity index is 583. The molecule has 1 N–H and O–H groups in total. The normalized spacial score (nSPS) is 10.4. The number of nitrogens with zero attached hydrogens (tertiary/aromatic N) is 1.